The van der Waals surface area contributed by atoms with Crippen molar-refractivity contribution in [2.24, 2.45) is 0 Å². The first-order valence-corrected chi connectivity index (χ1v) is 15.8. The normalized spacial score (nSPS) is 18.9. The Morgan fingerprint density at radius 1 is 0.575 bits per heavy atom. The van der Waals surface area contributed by atoms with Gasteiger partial charge in [-0.1, -0.05) is 125 Å². The number of nitrogens with two attached hydrogens (primary N) is 1. The lowest BCUT2D eigenvalue weighted by molar-refractivity contribution is 0.443. The minimum atomic E-state index is -0.110. The van der Waals surface area contributed by atoms with E-state index < -0.39 is 0 Å². The molecule has 0 bridgehead atoms. The molecule has 0 aliphatic heterocycles. The number of hydrogen-bond acceptors (Lipinski definition) is 1. The van der Waals surface area contributed by atoms with Crippen LogP contribution in [0.5, 0.6) is 0 Å². The maximum absolute atomic E-state index is 7.24. The van der Waals surface area contributed by atoms with Crippen LogP contribution in [0.15, 0.2) is 78.9 Å². The first-order valence-electron chi connectivity index (χ1n) is 15.8. The molecule has 0 heterocycles. The SMILES string of the molecule is CC1(C)c2ccccc2-c2cc(-c3ccc(C4CCCCC4)cc3)c(N)c(-c3ccc(C4CCCCC4)cc3)c21. The van der Waals surface area contributed by atoms with Crippen molar-refractivity contribution in [3.63, 3.8) is 0 Å². The topological polar surface area (TPSA) is 26.0 Å². The Morgan fingerprint density at radius 2 is 1.10 bits per heavy atom. The van der Waals surface area contributed by atoms with Crippen molar-refractivity contribution < 1.29 is 0 Å². The largest absolute Gasteiger partial charge is 0.398 e. The maximum Gasteiger partial charge on any atom is 0.0476 e. The van der Waals surface area contributed by atoms with Crippen molar-refractivity contribution in [2.45, 2.75) is 95.3 Å². The number of fused-ring (bicyclic) bond motifs is 3. The van der Waals surface area contributed by atoms with Crippen LogP contribution in [0.2, 0.25) is 0 Å². The predicted octanol–water partition coefficient (Wildman–Crippen LogP) is 11.0. The van der Waals surface area contributed by atoms with E-state index in [2.05, 4.69) is 92.7 Å². The van der Waals surface area contributed by atoms with Gasteiger partial charge < -0.3 is 5.73 Å². The highest BCUT2D eigenvalue weighted by atomic mass is 14.6. The van der Waals surface area contributed by atoms with Crippen molar-refractivity contribution in [3.05, 3.63) is 101 Å². The second-order valence-electron chi connectivity index (χ2n) is 13.2. The van der Waals surface area contributed by atoms with E-state index in [1.54, 1.807) is 0 Å². The molecule has 0 unspecified atom stereocenters. The lowest BCUT2D eigenvalue weighted by Gasteiger charge is -2.27. The molecule has 40 heavy (non-hydrogen) atoms. The van der Waals surface area contributed by atoms with Gasteiger partial charge in [-0.25, -0.2) is 0 Å². The van der Waals surface area contributed by atoms with Crippen LogP contribution in [0.4, 0.5) is 5.69 Å². The molecule has 0 saturated heterocycles. The molecule has 0 spiro atoms. The summed E-state index contributed by atoms with van der Waals surface area (Å²) < 4.78 is 0. The Hall–Kier alpha value is -3.32. The number of benzene rings is 4. The zero-order valence-electron chi connectivity index (χ0n) is 24.3. The molecule has 3 aliphatic carbocycles. The molecular formula is C39H43N. The van der Waals surface area contributed by atoms with E-state index in [0.29, 0.717) is 11.8 Å². The average molecular weight is 526 g/mol. The van der Waals surface area contributed by atoms with Gasteiger partial charge in [-0.05, 0) is 88.1 Å². The van der Waals surface area contributed by atoms with Gasteiger partial charge in [0.15, 0.2) is 0 Å². The summed E-state index contributed by atoms with van der Waals surface area (Å²) in [5, 5.41) is 0. The van der Waals surface area contributed by atoms with E-state index in [1.165, 1.54) is 114 Å². The number of anilines is 1. The van der Waals surface area contributed by atoms with Gasteiger partial charge in [-0.15, -0.1) is 0 Å². The molecule has 4 aromatic carbocycles. The third-order valence-electron chi connectivity index (χ3n) is 10.5. The summed E-state index contributed by atoms with van der Waals surface area (Å²) in [6, 6.07) is 30.2. The Balaban J connectivity index is 1.37. The molecule has 2 saturated carbocycles. The molecule has 1 heteroatoms. The fraction of sp³-hybridized carbons (Fsp3) is 0.385. The van der Waals surface area contributed by atoms with Crippen LogP contribution in [0.1, 0.15) is 112 Å². The Morgan fingerprint density at radius 3 is 1.68 bits per heavy atom. The molecule has 3 aliphatic rings. The summed E-state index contributed by atoms with van der Waals surface area (Å²) in [6.45, 7) is 4.74. The van der Waals surface area contributed by atoms with Gasteiger partial charge in [0.05, 0.1) is 0 Å². The molecule has 0 atom stereocenters. The minimum absolute atomic E-state index is 0.110. The lowest BCUT2D eigenvalue weighted by atomic mass is 9.76. The summed E-state index contributed by atoms with van der Waals surface area (Å²) in [4.78, 5) is 0. The third kappa shape index (κ3) is 4.30. The van der Waals surface area contributed by atoms with Crippen molar-refractivity contribution in [1.29, 1.82) is 0 Å². The number of rotatable bonds is 4. The highest BCUT2D eigenvalue weighted by molar-refractivity contribution is 6.00. The van der Waals surface area contributed by atoms with Crippen molar-refractivity contribution in [1.82, 2.24) is 0 Å². The maximum atomic E-state index is 7.24. The van der Waals surface area contributed by atoms with Crippen molar-refractivity contribution in [2.75, 3.05) is 5.73 Å². The van der Waals surface area contributed by atoms with Gasteiger partial charge in [-0.2, -0.15) is 0 Å². The van der Waals surface area contributed by atoms with E-state index in [1.807, 2.05) is 0 Å². The van der Waals surface area contributed by atoms with Crippen LogP contribution in [0.3, 0.4) is 0 Å². The van der Waals surface area contributed by atoms with Crippen LogP contribution < -0.4 is 5.73 Å². The van der Waals surface area contributed by atoms with Gasteiger partial charge >= 0.3 is 0 Å². The van der Waals surface area contributed by atoms with Crippen LogP contribution >= 0.6 is 0 Å². The highest BCUT2D eigenvalue weighted by Crippen LogP contribution is 2.55. The van der Waals surface area contributed by atoms with Gasteiger partial charge in [-0.3, -0.25) is 0 Å². The summed E-state index contributed by atoms with van der Waals surface area (Å²) in [5.74, 6) is 1.42. The Labute approximate surface area is 240 Å². The third-order valence-corrected chi connectivity index (χ3v) is 10.5. The van der Waals surface area contributed by atoms with E-state index >= 15 is 0 Å². The first-order chi connectivity index (χ1) is 19.5. The van der Waals surface area contributed by atoms with E-state index in [4.69, 9.17) is 5.73 Å². The molecule has 0 aromatic heterocycles. The van der Waals surface area contributed by atoms with Gasteiger partial charge in [0.1, 0.15) is 0 Å². The van der Waals surface area contributed by atoms with Crippen molar-refractivity contribution in [3.8, 4) is 33.4 Å². The predicted molar refractivity (Wildman–Crippen MR) is 171 cm³/mol. The molecule has 204 valence electrons. The molecule has 4 aromatic rings. The minimum Gasteiger partial charge on any atom is -0.398 e. The zero-order valence-corrected chi connectivity index (χ0v) is 24.3. The molecule has 2 fully saturated rings. The van der Waals surface area contributed by atoms with E-state index in [9.17, 15) is 0 Å². The number of hydrogen-bond donors (Lipinski definition) is 1. The molecule has 2 N–H and O–H groups in total. The smallest absolute Gasteiger partial charge is 0.0476 e. The second kappa shape index (κ2) is 10.3. The van der Waals surface area contributed by atoms with Crippen LogP contribution in [0, 0.1) is 0 Å². The van der Waals surface area contributed by atoms with Crippen LogP contribution in [0.25, 0.3) is 33.4 Å². The molecule has 7 rings (SSSR count). The monoisotopic (exact) mass is 525 g/mol. The Kier molecular flexibility index (Phi) is 6.57. The van der Waals surface area contributed by atoms with Crippen molar-refractivity contribution >= 4 is 5.69 Å². The fourth-order valence-electron chi connectivity index (χ4n) is 8.22. The number of nitrogen functional groups attached to an aromatic ring is 1. The highest BCUT2D eigenvalue weighted by Gasteiger charge is 2.39. The molecular weight excluding hydrogens is 482 g/mol. The van der Waals surface area contributed by atoms with Gasteiger partial charge in [0.2, 0.25) is 0 Å². The molecule has 0 radical (unpaired) electrons. The summed E-state index contributed by atoms with van der Waals surface area (Å²) in [5.41, 5.74) is 21.3. The van der Waals surface area contributed by atoms with E-state index in [0.717, 1.165) is 11.3 Å². The standard InChI is InChI=1S/C39H43N/c1-39(2)35-16-10-9-15-32(35)34-25-33(30-21-17-28(18-22-30)26-11-5-3-6-12-26)38(40)36(37(34)39)31-23-19-29(20-24-31)27-13-7-4-8-14-27/h9-10,15-27H,3-8,11-14,40H2,1-2H3. The zero-order chi connectivity index (χ0) is 27.3. The Bertz CT molecular complexity index is 1510. The van der Waals surface area contributed by atoms with Crippen LogP contribution in [-0.4, -0.2) is 0 Å². The van der Waals surface area contributed by atoms with E-state index in [-0.39, 0.29) is 5.41 Å². The van der Waals surface area contributed by atoms with Crippen LogP contribution in [-0.2, 0) is 5.41 Å². The summed E-state index contributed by atoms with van der Waals surface area (Å²) in [6.07, 6.45) is 13.5. The second-order valence-corrected chi connectivity index (χ2v) is 13.2. The first kappa shape index (κ1) is 25.6. The molecule has 1 nitrogen and oxygen atoms in total. The fourth-order valence-corrected chi connectivity index (χ4v) is 8.22. The van der Waals surface area contributed by atoms with Gasteiger partial charge in [0.25, 0.3) is 0 Å². The lowest BCUT2D eigenvalue weighted by Crippen LogP contribution is -2.17. The quantitative estimate of drug-likeness (QED) is 0.263. The summed E-state index contributed by atoms with van der Waals surface area (Å²) >= 11 is 0. The summed E-state index contributed by atoms with van der Waals surface area (Å²) in [7, 11) is 0. The molecule has 0 amide bonds. The average Bonchev–Trinajstić information content (AvgIpc) is 3.24. The van der Waals surface area contributed by atoms with Gasteiger partial charge in [0, 0.05) is 22.2 Å².